The maximum atomic E-state index is 12.2. The van der Waals surface area contributed by atoms with Crippen LogP contribution in [0.4, 0.5) is 0 Å². The topological polar surface area (TPSA) is 123 Å². The van der Waals surface area contributed by atoms with Gasteiger partial charge in [0, 0.05) is 19.5 Å². The number of para-hydroxylation sites is 1. The second kappa shape index (κ2) is 11.8. The average Bonchev–Trinajstić information content (AvgIpc) is 2.75. The van der Waals surface area contributed by atoms with Gasteiger partial charge in [0.2, 0.25) is 21.7 Å². The molecular formula is C20H25ClN2O7S. The highest BCUT2D eigenvalue weighted by Crippen LogP contribution is 2.36. The van der Waals surface area contributed by atoms with Crippen LogP contribution in [0.1, 0.15) is 6.42 Å². The summed E-state index contributed by atoms with van der Waals surface area (Å²) in [6, 6.07) is 11.1. The number of aliphatic hydroxyl groups excluding tert-OH is 1. The van der Waals surface area contributed by atoms with Gasteiger partial charge in [-0.15, -0.1) is 0 Å². The Morgan fingerprint density at radius 1 is 1.10 bits per heavy atom. The molecule has 0 spiro atoms. The lowest BCUT2D eigenvalue weighted by atomic mass is 10.3. The summed E-state index contributed by atoms with van der Waals surface area (Å²) < 4.78 is 42.8. The van der Waals surface area contributed by atoms with E-state index in [1.165, 1.54) is 26.4 Å². The number of carbonyl (C=O) groups is 1. The number of aliphatic hydroxyl groups is 1. The zero-order valence-corrected chi connectivity index (χ0v) is 18.7. The molecule has 11 heteroatoms. The molecule has 2 rings (SSSR count). The van der Waals surface area contributed by atoms with Gasteiger partial charge >= 0.3 is 0 Å². The van der Waals surface area contributed by atoms with Gasteiger partial charge in [0.15, 0.2) is 11.5 Å². The lowest BCUT2D eigenvalue weighted by Crippen LogP contribution is -2.37. The Labute approximate surface area is 186 Å². The van der Waals surface area contributed by atoms with Crippen molar-refractivity contribution >= 4 is 27.5 Å². The molecule has 0 aliphatic rings. The maximum Gasteiger partial charge on any atom is 0.242 e. The van der Waals surface area contributed by atoms with Crippen molar-refractivity contribution in [3.63, 3.8) is 0 Å². The highest BCUT2D eigenvalue weighted by molar-refractivity contribution is 7.89. The Balaban J connectivity index is 1.76. The minimum atomic E-state index is -3.83. The molecule has 0 aromatic heterocycles. The van der Waals surface area contributed by atoms with Crippen molar-refractivity contribution < 1.29 is 32.5 Å². The number of benzene rings is 2. The van der Waals surface area contributed by atoms with Crippen molar-refractivity contribution in [3.05, 3.63) is 47.5 Å². The summed E-state index contributed by atoms with van der Waals surface area (Å²) in [6.45, 7) is -0.311. The third-order valence-electron chi connectivity index (χ3n) is 4.11. The quantitative estimate of drug-likeness (QED) is 0.428. The van der Waals surface area contributed by atoms with Gasteiger partial charge in [-0.05, 0) is 24.3 Å². The van der Waals surface area contributed by atoms with E-state index < -0.39 is 22.0 Å². The van der Waals surface area contributed by atoms with Gasteiger partial charge in [0.1, 0.15) is 17.6 Å². The lowest BCUT2D eigenvalue weighted by Gasteiger charge is -2.17. The van der Waals surface area contributed by atoms with Crippen LogP contribution in [0.25, 0.3) is 0 Å². The van der Waals surface area contributed by atoms with Crippen LogP contribution in [0.15, 0.2) is 47.4 Å². The Morgan fingerprint density at radius 3 is 2.35 bits per heavy atom. The summed E-state index contributed by atoms with van der Waals surface area (Å²) in [5.74, 6) is 0.797. The van der Waals surface area contributed by atoms with Crippen molar-refractivity contribution in [2.45, 2.75) is 17.4 Å². The minimum Gasteiger partial charge on any atom is -0.493 e. The molecule has 0 saturated carbocycles. The highest BCUT2D eigenvalue weighted by atomic mass is 35.5. The Kier molecular flexibility index (Phi) is 9.38. The second-order valence-corrected chi connectivity index (χ2v) is 8.48. The molecule has 1 amide bonds. The molecule has 0 saturated heterocycles. The van der Waals surface area contributed by atoms with Crippen molar-refractivity contribution in [3.8, 4) is 17.2 Å². The van der Waals surface area contributed by atoms with E-state index in [2.05, 4.69) is 10.0 Å². The van der Waals surface area contributed by atoms with E-state index in [1.54, 1.807) is 30.3 Å². The SMILES string of the molecule is COc1cccc(OC)c1OCC(O)CNC(=O)CCNS(=O)(=O)c1ccccc1Cl. The summed E-state index contributed by atoms with van der Waals surface area (Å²) in [6.07, 6.45) is -1.11. The van der Waals surface area contributed by atoms with Crippen molar-refractivity contribution in [1.29, 1.82) is 0 Å². The standard InChI is InChI=1S/C20H25ClN2O7S/c1-28-16-7-5-8-17(29-2)20(16)30-13-14(24)12-22-19(25)10-11-23-31(26,27)18-9-4-3-6-15(18)21/h3-9,14,23-24H,10-13H2,1-2H3,(H,22,25). The van der Waals surface area contributed by atoms with Crippen LogP contribution in [0, 0.1) is 0 Å². The van der Waals surface area contributed by atoms with Gasteiger partial charge in [-0.25, -0.2) is 13.1 Å². The number of nitrogens with one attached hydrogen (secondary N) is 2. The molecule has 0 aliphatic heterocycles. The zero-order valence-electron chi connectivity index (χ0n) is 17.1. The molecule has 9 nitrogen and oxygen atoms in total. The highest BCUT2D eigenvalue weighted by Gasteiger charge is 2.18. The van der Waals surface area contributed by atoms with Gasteiger partial charge in [0.05, 0.1) is 19.2 Å². The molecule has 0 aliphatic carbocycles. The van der Waals surface area contributed by atoms with Gasteiger partial charge in [-0.1, -0.05) is 29.8 Å². The number of halogens is 1. The molecule has 31 heavy (non-hydrogen) atoms. The van der Waals surface area contributed by atoms with Gasteiger partial charge in [0.25, 0.3) is 0 Å². The van der Waals surface area contributed by atoms with Crippen LogP contribution in [0.3, 0.4) is 0 Å². The predicted molar refractivity (Wildman–Crippen MR) is 115 cm³/mol. The van der Waals surface area contributed by atoms with Crippen molar-refractivity contribution in [2.24, 2.45) is 0 Å². The van der Waals surface area contributed by atoms with Crippen LogP contribution in [-0.2, 0) is 14.8 Å². The van der Waals surface area contributed by atoms with E-state index in [1.807, 2.05) is 0 Å². The van der Waals surface area contributed by atoms with Crippen LogP contribution < -0.4 is 24.2 Å². The fourth-order valence-electron chi connectivity index (χ4n) is 2.56. The summed E-state index contributed by atoms with van der Waals surface area (Å²) in [5, 5.41) is 12.7. The second-order valence-electron chi connectivity index (χ2n) is 6.34. The lowest BCUT2D eigenvalue weighted by molar-refractivity contribution is -0.121. The van der Waals surface area contributed by atoms with Crippen LogP contribution in [-0.4, -0.2) is 59.5 Å². The molecule has 0 heterocycles. The number of methoxy groups -OCH3 is 2. The molecule has 0 radical (unpaired) electrons. The predicted octanol–water partition coefficient (Wildman–Crippen LogP) is 1.58. The number of hydrogen-bond donors (Lipinski definition) is 3. The maximum absolute atomic E-state index is 12.2. The first-order chi connectivity index (χ1) is 14.8. The van der Waals surface area contributed by atoms with Crippen molar-refractivity contribution in [2.75, 3.05) is 33.9 Å². The number of rotatable bonds is 12. The van der Waals surface area contributed by atoms with Gasteiger partial charge < -0.3 is 24.6 Å². The first-order valence-electron chi connectivity index (χ1n) is 9.31. The van der Waals surface area contributed by atoms with Crippen LogP contribution in [0.2, 0.25) is 5.02 Å². The number of sulfonamides is 1. The summed E-state index contributed by atoms with van der Waals surface area (Å²) >= 11 is 5.89. The third kappa shape index (κ3) is 7.28. The molecule has 1 unspecified atom stereocenters. The zero-order chi connectivity index (χ0) is 22.9. The largest absolute Gasteiger partial charge is 0.493 e. The summed E-state index contributed by atoms with van der Waals surface area (Å²) in [7, 11) is -0.857. The molecule has 0 bridgehead atoms. The summed E-state index contributed by atoms with van der Waals surface area (Å²) in [5.41, 5.74) is 0. The number of carbonyl (C=O) groups excluding carboxylic acids is 1. The normalized spacial score (nSPS) is 12.1. The van der Waals surface area contributed by atoms with E-state index in [9.17, 15) is 18.3 Å². The minimum absolute atomic E-state index is 0.0589. The molecule has 3 N–H and O–H groups in total. The number of amides is 1. The Bertz CT molecular complexity index is 963. The molecule has 0 fully saturated rings. The average molecular weight is 473 g/mol. The van der Waals surface area contributed by atoms with E-state index >= 15 is 0 Å². The molecule has 2 aromatic carbocycles. The molecular weight excluding hydrogens is 448 g/mol. The molecule has 170 valence electrons. The smallest absolute Gasteiger partial charge is 0.242 e. The monoisotopic (exact) mass is 472 g/mol. The summed E-state index contributed by atoms with van der Waals surface area (Å²) in [4.78, 5) is 11.9. The first-order valence-corrected chi connectivity index (χ1v) is 11.2. The molecule has 1 atom stereocenters. The molecule has 2 aromatic rings. The van der Waals surface area contributed by atoms with E-state index in [-0.39, 0.29) is 36.0 Å². The Morgan fingerprint density at radius 2 is 1.74 bits per heavy atom. The van der Waals surface area contributed by atoms with E-state index in [4.69, 9.17) is 25.8 Å². The first kappa shape index (κ1) is 24.7. The van der Waals surface area contributed by atoms with Crippen molar-refractivity contribution in [1.82, 2.24) is 10.0 Å². The number of hydrogen-bond acceptors (Lipinski definition) is 7. The van der Waals surface area contributed by atoms with Crippen LogP contribution >= 0.6 is 11.6 Å². The fourth-order valence-corrected chi connectivity index (χ4v) is 4.11. The van der Waals surface area contributed by atoms with Crippen LogP contribution in [0.5, 0.6) is 17.2 Å². The number of ether oxygens (including phenoxy) is 3. The fraction of sp³-hybridized carbons (Fsp3) is 0.350. The van der Waals surface area contributed by atoms with E-state index in [0.717, 1.165) is 0 Å². The van der Waals surface area contributed by atoms with Gasteiger partial charge in [-0.2, -0.15) is 0 Å². The third-order valence-corrected chi connectivity index (χ3v) is 6.07. The van der Waals surface area contributed by atoms with E-state index in [0.29, 0.717) is 17.2 Å². The Hall–Kier alpha value is -2.53. The van der Waals surface area contributed by atoms with Gasteiger partial charge in [-0.3, -0.25) is 4.79 Å².